The van der Waals surface area contributed by atoms with E-state index in [2.05, 4.69) is 10.1 Å². The van der Waals surface area contributed by atoms with Crippen molar-refractivity contribution >= 4 is 5.69 Å². The molecule has 1 N–H and O–H groups in total. The van der Waals surface area contributed by atoms with Gasteiger partial charge in [0.15, 0.2) is 5.69 Å². The molecule has 0 unspecified atom stereocenters. The molecule has 0 saturated carbocycles. The third-order valence-corrected chi connectivity index (χ3v) is 4.96. The van der Waals surface area contributed by atoms with Gasteiger partial charge in [-0.3, -0.25) is 24.1 Å². The largest absolute Gasteiger partial charge is 0.297 e. The van der Waals surface area contributed by atoms with Crippen LogP contribution >= 0.6 is 0 Å². The quantitative estimate of drug-likeness (QED) is 0.586. The molecule has 7 nitrogen and oxygen atoms in total. The number of H-pyrrole nitrogens is 1. The third kappa shape index (κ3) is 3.27. The molecule has 0 spiro atoms. The summed E-state index contributed by atoms with van der Waals surface area (Å²) in [5.41, 5.74) is 2.76. The Morgan fingerprint density at radius 1 is 0.897 bits per heavy atom. The highest BCUT2D eigenvalue weighted by Crippen LogP contribution is 2.17. The zero-order chi connectivity index (χ0) is 20.5. The van der Waals surface area contributed by atoms with Gasteiger partial charge in [-0.05, 0) is 30.7 Å². The van der Waals surface area contributed by atoms with Gasteiger partial charge in [0.1, 0.15) is 5.36 Å². The highest BCUT2D eigenvalue weighted by molar-refractivity contribution is 5.58. The molecule has 0 aliphatic carbocycles. The fraction of sp³-hybridized carbons (Fsp3) is 0.136. The van der Waals surface area contributed by atoms with E-state index < -0.39 is 0 Å². The van der Waals surface area contributed by atoms with E-state index in [-0.39, 0.29) is 22.2 Å². The minimum atomic E-state index is -0.360. The van der Waals surface area contributed by atoms with Crippen LogP contribution in [0.1, 0.15) is 5.69 Å². The fourth-order valence-electron chi connectivity index (χ4n) is 3.33. The lowest BCUT2D eigenvalue weighted by Gasteiger charge is -2.08. The third-order valence-electron chi connectivity index (χ3n) is 4.96. The Hall–Kier alpha value is -3.87. The first-order chi connectivity index (χ1) is 14.0. The van der Waals surface area contributed by atoms with E-state index in [1.165, 1.54) is 0 Å². The topological polar surface area (TPSA) is 77.1 Å². The van der Waals surface area contributed by atoms with Gasteiger partial charge in [0.25, 0.3) is 11.1 Å². The molecule has 0 atom stereocenters. The molecule has 2 aromatic heterocycles. The number of aromatic amines is 1. The summed E-state index contributed by atoms with van der Waals surface area (Å²) in [6.45, 7) is 1.81. The molecule has 0 bridgehead atoms. The van der Waals surface area contributed by atoms with E-state index in [1.54, 1.807) is 34.2 Å². The van der Waals surface area contributed by atoms with Crippen LogP contribution < -0.4 is 16.5 Å². The van der Waals surface area contributed by atoms with Gasteiger partial charge in [0, 0.05) is 14.1 Å². The number of para-hydroxylation sites is 1. The van der Waals surface area contributed by atoms with Crippen LogP contribution in [0, 0.1) is 6.92 Å². The van der Waals surface area contributed by atoms with Crippen LogP contribution in [0.5, 0.6) is 0 Å². The van der Waals surface area contributed by atoms with Crippen LogP contribution in [-0.2, 0) is 14.1 Å². The zero-order valence-corrected chi connectivity index (χ0v) is 16.5. The number of benzene rings is 2. The van der Waals surface area contributed by atoms with Gasteiger partial charge in [0.05, 0.1) is 17.1 Å². The van der Waals surface area contributed by atoms with Gasteiger partial charge in [-0.25, -0.2) is 9.67 Å². The molecule has 0 radical (unpaired) electrons. The van der Waals surface area contributed by atoms with E-state index in [0.717, 1.165) is 16.9 Å². The summed E-state index contributed by atoms with van der Waals surface area (Å²) in [6, 6.07) is 20.7. The van der Waals surface area contributed by atoms with E-state index >= 15 is 0 Å². The molecule has 4 aromatic rings. The molecular formula is C22H21N5O2. The summed E-state index contributed by atoms with van der Waals surface area (Å²) in [7, 11) is 3.57. The van der Waals surface area contributed by atoms with Crippen LogP contribution in [0.4, 0.5) is 5.69 Å². The van der Waals surface area contributed by atoms with Crippen molar-refractivity contribution in [2.45, 2.75) is 6.92 Å². The predicted octanol–water partition coefficient (Wildman–Crippen LogP) is 2.41. The first kappa shape index (κ1) is 18.5. The first-order valence-electron chi connectivity index (χ1n) is 9.22. The molecule has 0 saturated heterocycles. The second-order valence-electron chi connectivity index (χ2n) is 6.80. The van der Waals surface area contributed by atoms with E-state index in [1.807, 2.05) is 67.6 Å². The van der Waals surface area contributed by atoms with Crippen molar-refractivity contribution in [3.05, 3.63) is 98.5 Å². The summed E-state index contributed by atoms with van der Waals surface area (Å²) in [5.74, 6) is 0. The predicted molar refractivity (Wildman–Crippen MR) is 112 cm³/mol. The Balaban J connectivity index is 1.95. The van der Waals surface area contributed by atoms with Crippen molar-refractivity contribution in [1.82, 2.24) is 19.1 Å². The van der Waals surface area contributed by atoms with Crippen molar-refractivity contribution in [2.75, 3.05) is 0 Å². The highest BCUT2D eigenvalue weighted by Gasteiger charge is 2.16. The van der Waals surface area contributed by atoms with Gasteiger partial charge >= 0.3 is 0 Å². The molecule has 0 amide bonds. The Morgan fingerprint density at radius 3 is 2.17 bits per heavy atom. The maximum Gasteiger partial charge on any atom is 0.297 e. The molecule has 4 rings (SSSR count). The minimum Gasteiger partial charge on any atom is -0.288 e. The van der Waals surface area contributed by atoms with Crippen molar-refractivity contribution in [2.24, 2.45) is 19.1 Å². The molecule has 0 aliphatic rings. The van der Waals surface area contributed by atoms with E-state index in [9.17, 15) is 9.59 Å². The molecule has 0 aliphatic heterocycles. The summed E-state index contributed by atoms with van der Waals surface area (Å²) in [4.78, 5) is 30.1. The smallest absolute Gasteiger partial charge is 0.288 e. The number of hydrogen-bond donors (Lipinski definition) is 1. The maximum absolute atomic E-state index is 13.1. The first-order valence-corrected chi connectivity index (χ1v) is 9.22. The summed E-state index contributed by atoms with van der Waals surface area (Å²) >= 11 is 0. The Kier molecular flexibility index (Phi) is 4.64. The lowest BCUT2D eigenvalue weighted by atomic mass is 10.1. The number of nitrogens with one attached hydrogen (secondary N) is 1. The van der Waals surface area contributed by atoms with Crippen molar-refractivity contribution in [3.63, 3.8) is 0 Å². The number of aromatic nitrogens is 4. The molecular weight excluding hydrogens is 366 g/mol. The van der Waals surface area contributed by atoms with E-state index in [0.29, 0.717) is 5.69 Å². The lowest BCUT2D eigenvalue weighted by molar-refractivity contribution is 0.630. The Bertz CT molecular complexity index is 1360. The van der Waals surface area contributed by atoms with Gasteiger partial charge in [-0.1, -0.05) is 48.5 Å². The van der Waals surface area contributed by atoms with Crippen LogP contribution in [0.15, 0.2) is 81.3 Å². The molecule has 0 fully saturated rings. The average Bonchev–Trinajstić information content (AvgIpc) is 2.94. The summed E-state index contributed by atoms with van der Waals surface area (Å²) in [5, 5.41) is 2.96. The number of hydrogen-bond acceptors (Lipinski definition) is 3. The van der Waals surface area contributed by atoms with E-state index in [4.69, 9.17) is 0 Å². The summed E-state index contributed by atoms with van der Waals surface area (Å²) < 4.78 is 4.94. The second kappa shape index (κ2) is 7.27. The van der Waals surface area contributed by atoms with Crippen LogP contribution in [0.25, 0.3) is 16.9 Å². The Labute approximate surface area is 166 Å². The monoisotopic (exact) mass is 387 g/mol. The summed E-state index contributed by atoms with van der Waals surface area (Å²) in [6.07, 6.45) is 0. The van der Waals surface area contributed by atoms with Gasteiger partial charge in [0.2, 0.25) is 0 Å². The molecule has 7 heteroatoms. The number of nitrogens with zero attached hydrogens (tertiary/aromatic N) is 4. The normalized spacial score (nSPS) is 11.8. The molecule has 2 aromatic carbocycles. The zero-order valence-electron chi connectivity index (χ0n) is 16.5. The van der Waals surface area contributed by atoms with Crippen LogP contribution in [-0.4, -0.2) is 19.1 Å². The lowest BCUT2D eigenvalue weighted by Crippen LogP contribution is -2.31. The molecule has 2 heterocycles. The average molecular weight is 387 g/mol. The SMILES string of the molecule is Cc1c(N=c2cc(-c3ccccc3)n(C)[nH]c2=O)c(=O)n(-c2ccccc2)n1C. The van der Waals surface area contributed by atoms with Crippen LogP contribution in [0.2, 0.25) is 0 Å². The van der Waals surface area contributed by atoms with Gasteiger partial charge in [-0.2, -0.15) is 0 Å². The van der Waals surface area contributed by atoms with Crippen molar-refractivity contribution in [1.29, 1.82) is 0 Å². The second-order valence-corrected chi connectivity index (χ2v) is 6.80. The van der Waals surface area contributed by atoms with Gasteiger partial charge in [-0.15, -0.1) is 0 Å². The van der Waals surface area contributed by atoms with Crippen molar-refractivity contribution in [3.8, 4) is 16.9 Å². The minimum absolute atomic E-state index is 0.188. The number of rotatable bonds is 3. The molecule has 146 valence electrons. The fourth-order valence-corrected chi connectivity index (χ4v) is 3.33. The van der Waals surface area contributed by atoms with Crippen molar-refractivity contribution < 1.29 is 0 Å². The highest BCUT2D eigenvalue weighted by atomic mass is 16.1. The molecule has 29 heavy (non-hydrogen) atoms. The maximum atomic E-state index is 13.1. The standard InChI is InChI=1S/C22H21N5O2/c1-15-20(22(29)27(26(15)3)17-12-8-5-9-13-17)23-18-14-19(25(2)24-21(18)28)16-10-6-4-7-11-16/h4-14H,1-3H3,(H,24,28). The number of aryl methyl sites for hydroxylation is 1. The van der Waals surface area contributed by atoms with Gasteiger partial charge < -0.3 is 0 Å². The Morgan fingerprint density at radius 2 is 1.52 bits per heavy atom. The van der Waals surface area contributed by atoms with Crippen LogP contribution in [0.3, 0.4) is 0 Å².